The summed E-state index contributed by atoms with van der Waals surface area (Å²) in [5, 5.41) is 14.1. The molecule has 16 aromatic carbocycles. The Bertz CT molecular complexity index is 6620. The molecule has 20 rings (SSSR count). The molecule has 0 radical (unpaired) electrons. The first-order chi connectivity index (χ1) is 48.6. The fourth-order valence-electron chi connectivity index (χ4n) is 15.4. The van der Waals surface area contributed by atoms with Gasteiger partial charge in [0.25, 0.3) is 0 Å². The van der Waals surface area contributed by atoms with E-state index < -0.39 is 0 Å². The molecule has 0 atom stereocenters. The summed E-state index contributed by atoms with van der Waals surface area (Å²) in [6.07, 6.45) is 0. The van der Waals surface area contributed by atoms with Gasteiger partial charge >= 0.3 is 0 Å². The number of anilines is 6. The van der Waals surface area contributed by atoms with Crippen LogP contribution in [0.25, 0.3) is 161 Å². The van der Waals surface area contributed by atoms with Gasteiger partial charge < -0.3 is 18.6 Å². The van der Waals surface area contributed by atoms with Gasteiger partial charge in [0.2, 0.25) is 0 Å². The molecule has 0 saturated carbocycles. The highest BCUT2D eigenvalue weighted by atomic mass is 32.1. The lowest BCUT2D eigenvalue weighted by Gasteiger charge is -2.30. The molecule has 4 nitrogen and oxygen atoms in total. The Morgan fingerprint density at radius 3 is 1.34 bits per heavy atom. The van der Waals surface area contributed by atoms with E-state index in [0.29, 0.717) is 0 Å². The zero-order valence-electron chi connectivity index (χ0n) is 52.9. The van der Waals surface area contributed by atoms with Crippen molar-refractivity contribution in [2.75, 3.05) is 9.80 Å². The number of furan rings is 2. The summed E-state index contributed by atoms with van der Waals surface area (Å²) in [4.78, 5) is 4.95. The fourth-order valence-corrected chi connectivity index (χ4v) is 17.8. The van der Waals surface area contributed by atoms with Gasteiger partial charge in [-0.3, -0.25) is 0 Å². The molecule has 98 heavy (non-hydrogen) atoms. The summed E-state index contributed by atoms with van der Waals surface area (Å²) >= 11 is 3.73. The van der Waals surface area contributed by atoms with E-state index in [-0.39, 0.29) is 0 Å². The first kappa shape index (κ1) is 56.1. The standard InChI is InChI=1S/C92H56N2O2S2/c1-2-22-59-53-61(48-45-57(59)21-1)60-23-17-24-65(56-60)93(79-36-19-40-83-90(79)72-28-6-13-38-81(72)95-83)77-34-11-4-27-69(77)71-52-51-67(92-89(71)75-31-9-16-43-86(75)98-92)63-50-47-58-46-49-62(54-64(58)55-63)66-25-3-10-33-76(66)94(80-37-20-41-84-91(80)73-29-7-14-39-82(73)96-84)78-35-12-5-26-68(78)70-32-18-44-87-88(70)74-30-8-15-42-85(74)97-87/h1-56H. The molecule has 6 heteroatoms. The van der Waals surface area contributed by atoms with Crippen LogP contribution >= 0.6 is 22.7 Å². The van der Waals surface area contributed by atoms with Crippen LogP contribution in [0.15, 0.2) is 349 Å². The van der Waals surface area contributed by atoms with Gasteiger partial charge in [0, 0.05) is 73.5 Å². The minimum atomic E-state index is 0.843. The Morgan fingerprint density at radius 2 is 0.643 bits per heavy atom. The zero-order chi connectivity index (χ0) is 64.4. The molecule has 0 N–H and O–H groups in total. The van der Waals surface area contributed by atoms with Gasteiger partial charge in [0.1, 0.15) is 22.3 Å². The first-order valence-corrected chi connectivity index (χ1v) is 34.9. The highest BCUT2D eigenvalue weighted by Gasteiger charge is 2.28. The van der Waals surface area contributed by atoms with Crippen LogP contribution in [0, 0.1) is 0 Å². The van der Waals surface area contributed by atoms with Crippen LogP contribution in [0.1, 0.15) is 0 Å². The van der Waals surface area contributed by atoms with Crippen molar-refractivity contribution in [3.05, 3.63) is 340 Å². The van der Waals surface area contributed by atoms with E-state index in [9.17, 15) is 0 Å². The van der Waals surface area contributed by atoms with Crippen LogP contribution in [-0.4, -0.2) is 0 Å². The van der Waals surface area contributed by atoms with Crippen LogP contribution in [0.5, 0.6) is 0 Å². The number of nitrogens with zero attached hydrogens (tertiary/aromatic N) is 2. The molecule has 4 heterocycles. The minimum absolute atomic E-state index is 0.843. The van der Waals surface area contributed by atoms with Crippen LogP contribution in [0.2, 0.25) is 0 Å². The topological polar surface area (TPSA) is 32.8 Å². The molecule has 0 unspecified atom stereocenters. The molecule has 0 aliphatic heterocycles. The number of rotatable bonds is 11. The molecule has 0 fully saturated rings. The smallest absolute Gasteiger partial charge is 0.137 e. The van der Waals surface area contributed by atoms with Gasteiger partial charge in [0.15, 0.2) is 0 Å². The van der Waals surface area contributed by atoms with Crippen LogP contribution in [0.4, 0.5) is 34.1 Å². The van der Waals surface area contributed by atoms with Crippen LogP contribution in [-0.2, 0) is 0 Å². The van der Waals surface area contributed by atoms with E-state index in [1.807, 2.05) is 22.7 Å². The SMILES string of the molecule is c1cc(-c2ccc3ccccc3c2)cc(N(c2ccccc2-c2ccc(-c3ccc4ccc(-c5ccccc5N(c5ccccc5-c5cccc6sc7ccccc7c56)c5cccc6oc7ccccc7c56)cc4c3)c3sc4ccccc4c23)c2cccc3oc4ccccc4c23)c1. The third-order valence-electron chi connectivity index (χ3n) is 19.8. The lowest BCUT2D eigenvalue weighted by Crippen LogP contribution is -2.13. The molecule has 0 bridgehead atoms. The van der Waals surface area contributed by atoms with Gasteiger partial charge in [-0.1, -0.05) is 237 Å². The lowest BCUT2D eigenvalue weighted by molar-refractivity contribution is 0.668. The monoisotopic (exact) mass is 1280 g/mol. The molecule has 458 valence electrons. The van der Waals surface area contributed by atoms with Crippen molar-refractivity contribution in [2.45, 2.75) is 0 Å². The number of fused-ring (bicyclic) bond motifs is 14. The summed E-state index contributed by atoms with van der Waals surface area (Å²) in [6.45, 7) is 0. The normalized spacial score (nSPS) is 11.9. The van der Waals surface area contributed by atoms with Gasteiger partial charge in [-0.2, -0.15) is 0 Å². The average Bonchev–Trinajstić information content (AvgIpc) is 1.60. The third-order valence-corrected chi connectivity index (χ3v) is 22.2. The molecule has 0 saturated heterocycles. The van der Waals surface area contributed by atoms with E-state index in [2.05, 4.69) is 350 Å². The lowest BCUT2D eigenvalue weighted by atomic mass is 9.92. The predicted molar refractivity (Wildman–Crippen MR) is 418 cm³/mol. The molecule has 4 aromatic heterocycles. The van der Waals surface area contributed by atoms with Crippen molar-refractivity contribution in [2.24, 2.45) is 0 Å². The van der Waals surface area contributed by atoms with E-state index in [4.69, 9.17) is 8.83 Å². The van der Waals surface area contributed by atoms with Crippen LogP contribution < -0.4 is 9.80 Å². The van der Waals surface area contributed by atoms with Crippen molar-refractivity contribution < 1.29 is 8.83 Å². The third kappa shape index (κ3) is 9.03. The molecular formula is C92H56N2O2S2. The highest BCUT2D eigenvalue weighted by Crippen LogP contribution is 2.54. The van der Waals surface area contributed by atoms with Crippen LogP contribution in [0.3, 0.4) is 0 Å². The number of para-hydroxylation sites is 5. The second-order valence-electron chi connectivity index (χ2n) is 25.3. The average molecular weight is 1290 g/mol. The summed E-state index contributed by atoms with van der Waals surface area (Å²) in [6, 6.07) is 124. The van der Waals surface area contributed by atoms with Gasteiger partial charge in [0.05, 0.1) is 39.2 Å². The summed E-state index contributed by atoms with van der Waals surface area (Å²) in [5.41, 5.74) is 21.3. The Balaban J connectivity index is 0.748. The van der Waals surface area contributed by atoms with Gasteiger partial charge in [-0.25, -0.2) is 0 Å². The molecule has 0 aliphatic rings. The van der Waals surface area contributed by atoms with Crippen molar-refractivity contribution in [1.82, 2.24) is 0 Å². The van der Waals surface area contributed by atoms with E-state index in [1.54, 1.807) is 0 Å². The molecule has 0 amide bonds. The second-order valence-corrected chi connectivity index (χ2v) is 27.5. The van der Waals surface area contributed by atoms with Gasteiger partial charge in [-0.15, -0.1) is 22.7 Å². The first-order valence-electron chi connectivity index (χ1n) is 33.3. The molecule has 0 aliphatic carbocycles. The maximum atomic E-state index is 6.68. The van der Waals surface area contributed by atoms with E-state index in [1.165, 1.54) is 73.2 Å². The Labute approximate surface area is 572 Å². The molecule has 0 spiro atoms. The number of thiophene rings is 2. The highest BCUT2D eigenvalue weighted by molar-refractivity contribution is 7.26. The van der Waals surface area contributed by atoms with Crippen molar-refractivity contribution >= 4 is 163 Å². The second kappa shape index (κ2) is 22.7. The summed E-state index contributed by atoms with van der Waals surface area (Å²) in [7, 11) is 0. The Kier molecular flexibility index (Phi) is 13.0. The number of benzene rings is 16. The summed E-state index contributed by atoms with van der Waals surface area (Å²) < 4.78 is 18.4. The molecule has 20 aromatic rings. The van der Waals surface area contributed by atoms with E-state index in [0.717, 1.165) is 122 Å². The maximum Gasteiger partial charge on any atom is 0.137 e. The largest absolute Gasteiger partial charge is 0.456 e. The quantitative estimate of drug-likeness (QED) is 0.129. The Hall–Kier alpha value is -12.3. The summed E-state index contributed by atoms with van der Waals surface area (Å²) in [5.74, 6) is 0. The fraction of sp³-hybridized carbons (Fsp3) is 0. The maximum absolute atomic E-state index is 6.68. The van der Waals surface area contributed by atoms with E-state index >= 15 is 0 Å². The predicted octanol–water partition coefficient (Wildman–Crippen LogP) is 27.8. The molecular weight excluding hydrogens is 1230 g/mol. The minimum Gasteiger partial charge on any atom is -0.456 e. The number of hydrogen-bond donors (Lipinski definition) is 0. The zero-order valence-corrected chi connectivity index (χ0v) is 54.5. The Morgan fingerprint density at radius 1 is 0.214 bits per heavy atom. The number of hydrogen-bond acceptors (Lipinski definition) is 6. The van der Waals surface area contributed by atoms with Gasteiger partial charge in [-0.05, 0) is 164 Å². The van der Waals surface area contributed by atoms with Crippen molar-refractivity contribution in [3.63, 3.8) is 0 Å². The van der Waals surface area contributed by atoms with Crippen molar-refractivity contribution in [1.29, 1.82) is 0 Å². The van der Waals surface area contributed by atoms with Crippen molar-refractivity contribution in [3.8, 4) is 55.6 Å².